The third-order valence-corrected chi connectivity index (χ3v) is 2.89. The van der Waals surface area contributed by atoms with Crippen molar-refractivity contribution in [1.29, 1.82) is 0 Å². The molecule has 4 heteroatoms. The SMILES string of the molecule is C#CC(C)N1C(=O)C(C)(C)NC(=O)C1CC. The van der Waals surface area contributed by atoms with Crippen molar-refractivity contribution in [2.24, 2.45) is 0 Å². The first-order valence-corrected chi connectivity index (χ1v) is 5.46. The number of amides is 2. The standard InChI is InChI=1S/C12H18N2O2/c1-6-8(3)14-9(7-2)10(15)13-12(4,5)11(14)16/h1,8-9H,7H2,2-5H3,(H,13,15). The van der Waals surface area contributed by atoms with Gasteiger partial charge in [-0.3, -0.25) is 9.59 Å². The summed E-state index contributed by atoms with van der Waals surface area (Å²) in [6.07, 6.45) is 5.91. The summed E-state index contributed by atoms with van der Waals surface area (Å²) >= 11 is 0. The second kappa shape index (κ2) is 4.17. The minimum atomic E-state index is -0.867. The van der Waals surface area contributed by atoms with Gasteiger partial charge in [0.15, 0.2) is 0 Å². The zero-order chi connectivity index (χ0) is 12.5. The molecule has 0 spiro atoms. The second-order valence-electron chi connectivity index (χ2n) is 4.59. The van der Waals surface area contributed by atoms with E-state index in [9.17, 15) is 9.59 Å². The van der Waals surface area contributed by atoms with E-state index in [0.29, 0.717) is 6.42 Å². The molecule has 1 aliphatic rings. The second-order valence-corrected chi connectivity index (χ2v) is 4.59. The van der Waals surface area contributed by atoms with E-state index in [1.807, 2.05) is 6.92 Å². The van der Waals surface area contributed by atoms with E-state index in [0.717, 1.165) is 0 Å². The van der Waals surface area contributed by atoms with E-state index in [1.54, 1.807) is 20.8 Å². The molecule has 2 atom stereocenters. The lowest BCUT2D eigenvalue weighted by Crippen LogP contribution is -2.69. The van der Waals surface area contributed by atoms with Crippen LogP contribution in [0.15, 0.2) is 0 Å². The van der Waals surface area contributed by atoms with Crippen LogP contribution in [0.5, 0.6) is 0 Å². The molecule has 1 aliphatic heterocycles. The highest BCUT2D eigenvalue weighted by molar-refractivity contribution is 5.99. The van der Waals surface area contributed by atoms with Gasteiger partial charge in [-0.2, -0.15) is 0 Å². The van der Waals surface area contributed by atoms with Gasteiger partial charge in [-0.25, -0.2) is 0 Å². The predicted octanol–water partition coefficient (Wildman–Crippen LogP) is 0.524. The Bertz CT molecular complexity index is 355. The summed E-state index contributed by atoms with van der Waals surface area (Å²) in [4.78, 5) is 25.5. The number of terminal acetylenes is 1. The molecule has 0 aromatic carbocycles. The molecule has 1 fully saturated rings. The smallest absolute Gasteiger partial charge is 0.249 e. The van der Waals surface area contributed by atoms with Crippen LogP contribution in [0.25, 0.3) is 0 Å². The predicted molar refractivity (Wildman–Crippen MR) is 61.4 cm³/mol. The maximum Gasteiger partial charge on any atom is 0.249 e. The van der Waals surface area contributed by atoms with Crippen LogP contribution in [0.4, 0.5) is 0 Å². The molecular weight excluding hydrogens is 204 g/mol. The van der Waals surface area contributed by atoms with Gasteiger partial charge in [0.2, 0.25) is 11.8 Å². The van der Waals surface area contributed by atoms with Crippen molar-refractivity contribution in [3.05, 3.63) is 0 Å². The maximum absolute atomic E-state index is 12.2. The normalized spacial score (nSPS) is 25.9. The van der Waals surface area contributed by atoms with Crippen molar-refractivity contribution in [2.45, 2.75) is 51.7 Å². The van der Waals surface area contributed by atoms with Gasteiger partial charge in [0.1, 0.15) is 11.6 Å². The minimum absolute atomic E-state index is 0.121. The molecule has 0 aromatic heterocycles. The lowest BCUT2D eigenvalue weighted by atomic mass is 9.94. The van der Waals surface area contributed by atoms with Gasteiger partial charge in [-0.05, 0) is 27.2 Å². The molecule has 0 aliphatic carbocycles. The van der Waals surface area contributed by atoms with Crippen LogP contribution in [0.1, 0.15) is 34.1 Å². The maximum atomic E-state index is 12.2. The third-order valence-electron chi connectivity index (χ3n) is 2.89. The highest BCUT2D eigenvalue weighted by Crippen LogP contribution is 2.21. The molecule has 1 heterocycles. The van der Waals surface area contributed by atoms with Gasteiger partial charge in [0.05, 0.1) is 6.04 Å². The van der Waals surface area contributed by atoms with Gasteiger partial charge in [0, 0.05) is 0 Å². The summed E-state index contributed by atoms with van der Waals surface area (Å²) in [7, 11) is 0. The fourth-order valence-corrected chi connectivity index (χ4v) is 1.94. The Hall–Kier alpha value is -1.50. The number of hydrogen-bond donors (Lipinski definition) is 1. The van der Waals surface area contributed by atoms with E-state index in [2.05, 4.69) is 11.2 Å². The Morgan fingerprint density at radius 1 is 1.56 bits per heavy atom. The summed E-state index contributed by atoms with van der Waals surface area (Å²) in [5, 5.41) is 2.72. The Balaban J connectivity index is 3.12. The number of hydrogen-bond acceptors (Lipinski definition) is 2. The van der Waals surface area contributed by atoms with E-state index in [-0.39, 0.29) is 17.9 Å². The molecule has 0 aromatic rings. The van der Waals surface area contributed by atoms with Crippen molar-refractivity contribution < 1.29 is 9.59 Å². The molecule has 2 unspecified atom stereocenters. The summed E-state index contributed by atoms with van der Waals surface area (Å²) in [6, 6.07) is -0.811. The van der Waals surface area contributed by atoms with Gasteiger partial charge in [-0.15, -0.1) is 6.42 Å². The van der Waals surface area contributed by atoms with Crippen LogP contribution >= 0.6 is 0 Å². The number of piperazine rings is 1. The van der Waals surface area contributed by atoms with Gasteiger partial charge >= 0.3 is 0 Å². The molecule has 4 nitrogen and oxygen atoms in total. The lowest BCUT2D eigenvalue weighted by Gasteiger charge is -2.44. The Labute approximate surface area is 96.4 Å². The number of rotatable bonds is 2. The first kappa shape index (κ1) is 12.6. The van der Waals surface area contributed by atoms with Gasteiger partial charge in [-0.1, -0.05) is 12.8 Å². The van der Waals surface area contributed by atoms with Crippen LogP contribution in [0, 0.1) is 12.3 Å². The average molecular weight is 222 g/mol. The summed E-state index contributed by atoms with van der Waals surface area (Å²) in [5.74, 6) is 2.26. The molecule has 1 N–H and O–H groups in total. The van der Waals surface area contributed by atoms with Crippen LogP contribution in [-0.4, -0.2) is 34.3 Å². The Kier molecular flexibility index (Phi) is 3.27. The van der Waals surface area contributed by atoms with Crippen molar-refractivity contribution in [3.8, 4) is 12.3 Å². The fraction of sp³-hybridized carbons (Fsp3) is 0.667. The van der Waals surface area contributed by atoms with Crippen molar-refractivity contribution >= 4 is 11.8 Å². The number of carbonyl (C=O) groups excluding carboxylic acids is 2. The fourth-order valence-electron chi connectivity index (χ4n) is 1.94. The van der Waals surface area contributed by atoms with Crippen molar-refractivity contribution in [1.82, 2.24) is 10.2 Å². The molecule has 1 rings (SSSR count). The van der Waals surface area contributed by atoms with E-state index in [1.165, 1.54) is 4.90 Å². The van der Waals surface area contributed by atoms with E-state index in [4.69, 9.17) is 6.42 Å². The molecule has 2 amide bonds. The quantitative estimate of drug-likeness (QED) is 0.693. The summed E-state index contributed by atoms with van der Waals surface area (Å²) < 4.78 is 0. The van der Waals surface area contributed by atoms with E-state index < -0.39 is 11.6 Å². The third kappa shape index (κ3) is 1.90. The molecular formula is C12H18N2O2. The first-order chi connectivity index (χ1) is 7.35. The zero-order valence-electron chi connectivity index (χ0n) is 10.2. The molecule has 0 radical (unpaired) electrons. The number of nitrogens with zero attached hydrogens (tertiary/aromatic N) is 1. The molecule has 0 saturated carbocycles. The van der Waals surface area contributed by atoms with Crippen LogP contribution < -0.4 is 5.32 Å². The topological polar surface area (TPSA) is 49.4 Å². The van der Waals surface area contributed by atoms with Crippen molar-refractivity contribution in [2.75, 3.05) is 0 Å². The lowest BCUT2D eigenvalue weighted by molar-refractivity contribution is -0.154. The highest BCUT2D eigenvalue weighted by atomic mass is 16.2. The minimum Gasteiger partial charge on any atom is -0.340 e. The average Bonchev–Trinajstić information content (AvgIpc) is 2.21. The molecule has 88 valence electrons. The van der Waals surface area contributed by atoms with E-state index >= 15 is 0 Å². The Morgan fingerprint density at radius 3 is 2.56 bits per heavy atom. The van der Waals surface area contributed by atoms with Crippen molar-refractivity contribution in [3.63, 3.8) is 0 Å². The Morgan fingerprint density at radius 2 is 2.12 bits per heavy atom. The van der Waals surface area contributed by atoms with Crippen LogP contribution in [0.3, 0.4) is 0 Å². The number of carbonyl (C=O) groups is 2. The summed E-state index contributed by atoms with van der Waals surface area (Å²) in [6.45, 7) is 7.01. The summed E-state index contributed by atoms with van der Waals surface area (Å²) in [5.41, 5.74) is -0.867. The first-order valence-electron chi connectivity index (χ1n) is 5.46. The van der Waals surface area contributed by atoms with Gasteiger partial charge in [0.25, 0.3) is 0 Å². The number of nitrogens with one attached hydrogen (secondary N) is 1. The molecule has 1 saturated heterocycles. The monoisotopic (exact) mass is 222 g/mol. The van der Waals surface area contributed by atoms with Crippen LogP contribution in [0.2, 0.25) is 0 Å². The largest absolute Gasteiger partial charge is 0.340 e. The zero-order valence-corrected chi connectivity index (χ0v) is 10.2. The van der Waals surface area contributed by atoms with Crippen LogP contribution in [-0.2, 0) is 9.59 Å². The molecule has 0 bridgehead atoms. The highest BCUT2D eigenvalue weighted by Gasteiger charge is 2.45. The molecule has 16 heavy (non-hydrogen) atoms. The van der Waals surface area contributed by atoms with Gasteiger partial charge < -0.3 is 10.2 Å².